The van der Waals surface area contributed by atoms with Crippen LogP contribution in [0.15, 0.2) is 23.7 Å². The topological polar surface area (TPSA) is 49.0 Å². The molecule has 1 N–H and O–H groups in total. The van der Waals surface area contributed by atoms with Crippen molar-refractivity contribution < 1.29 is 4.79 Å². The van der Waals surface area contributed by atoms with E-state index in [4.69, 9.17) is 4.98 Å². The van der Waals surface area contributed by atoms with Crippen LogP contribution in [-0.2, 0) is 11.8 Å². The molecule has 0 aliphatic carbocycles. The first kappa shape index (κ1) is 16.2. The number of hydrogen-bond donors (Lipinski definition) is 1. The van der Waals surface area contributed by atoms with Gasteiger partial charge in [0.05, 0.1) is 10.7 Å². The van der Waals surface area contributed by atoms with Gasteiger partial charge in [0.2, 0.25) is 0 Å². The summed E-state index contributed by atoms with van der Waals surface area (Å²) in [5.41, 5.74) is 2.01. The molecule has 5 heteroatoms. The van der Waals surface area contributed by atoms with Crippen molar-refractivity contribution >= 4 is 17.2 Å². The molecule has 0 atom stereocenters. The standard InChI is InChI=1S/C18H25N3OS/c1-18(2,3)15-12-23-16(20-15)11-13-6-9-21(10-7-13)17(22)14-5-4-8-19-14/h4-5,8,12-13,19H,6-7,9-11H2,1-3H3. The highest BCUT2D eigenvalue weighted by molar-refractivity contribution is 7.09. The van der Waals surface area contributed by atoms with Gasteiger partial charge in [-0.1, -0.05) is 20.8 Å². The maximum atomic E-state index is 12.3. The van der Waals surface area contributed by atoms with Crippen LogP contribution in [0.2, 0.25) is 0 Å². The lowest BCUT2D eigenvalue weighted by Gasteiger charge is -2.31. The molecule has 2 aromatic heterocycles. The molecule has 124 valence electrons. The van der Waals surface area contributed by atoms with E-state index in [-0.39, 0.29) is 11.3 Å². The number of piperidine rings is 1. The normalized spacial score (nSPS) is 16.7. The van der Waals surface area contributed by atoms with Crippen molar-refractivity contribution in [3.63, 3.8) is 0 Å². The summed E-state index contributed by atoms with van der Waals surface area (Å²) in [5.74, 6) is 0.763. The van der Waals surface area contributed by atoms with Gasteiger partial charge >= 0.3 is 0 Å². The third-order valence-corrected chi connectivity index (χ3v) is 5.38. The first-order chi connectivity index (χ1) is 10.9. The third-order valence-electron chi connectivity index (χ3n) is 4.51. The second kappa shape index (κ2) is 6.48. The van der Waals surface area contributed by atoms with E-state index in [9.17, 15) is 4.79 Å². The van der Waals surface area contributed by atoms with Crippen LogP contribution in [0, 0.1) is 5.92 Å². The van der Waals surface area contributed by atoms with Crippen LogP contribution in [0.25, 0.3) is 0 Å². The lowest BCUT2D eigenvalue weighted by molar-refractivity contribution is 0.0685. The summed E-state index contributed by atoms with van der Waals surface area (Å²) < 4.78 is 0. The van der Waals surface area contributed by atoms with Gasteiger partial charge in [-0.3, -0.25) is 4.79 Å². The molecular formula is C18H25N3OS. The largest absolute Gasteiger partial charge is 0.357 e. The number of carbonyl (C=O) groups is 1. The third kappa shape index (κ3) is 3.83. The molecule has 1 aliphatic rings. The zero-order valence-electron chi connectivity index (χ0n) is 14.1. The minimum absolute atomic E-state index is 0.123. The van der Waals surface area contributed by atoms with E-state index in [1.807, 2.05) is 17.0 Å². The van der Waals surface area contributed by atoms with Crippen molar-refractivity contribution in [2.24, 2.45) is 5.92 Å². The Morgan fingerprint density at radius 3 is 2.70 bits per heavy atom. The van der Waals surface area contributed by atoms with Gasteiger partial charge in [-0.05, 0) is 30.9 Å². The maximum absolute atomic E-state index is 12.3. The number of H-pyrrole nitrogens is 1. The van der Waals surface area contributed by atoms with E-state index >= 15 is 0 Å². The van der Waals surface area contributed by atoms with Gasteiger partial charge in [-0.2, -0.15) is 0 Å². The zero-order valence-corrected chi connectivity index (χ0v) is 14.9. The SMILES string of the molecule is CC(C)(C)c1csc(CC2CCN(C(=O)c3ccc[nH]3)CC2)n1. The van der Waals surface area contributed by atoms with Gasteiger partial charge in [0, 0.05) is 36.5 Å². The average Bonchev–Trinajstić information content (AvgIpc) is 3.18. The molecule has 1 aliphatic heterocycles. The van der Waals surface area contributed by atoms with Crippen LogP contribution in [0.5, 0.6) is 0 Å². The van der Waals surface area contributed by atoms with Crippen LogP contribution in [0.4, 0.5) is 0 Å². The molecular weight excluding hydrogens is 306 g/mol. The van der Waals surface area contributed by atoms with Crippen molar-refractivity contribution in [3.8, 4) is 0 Å². The molecule has 2 aromatic rings. The van der Waals surface area contributed by atoms with Gasteiger partial charge in [0.1, 0.15) is 5.69 Å². The summed E-state index contributed by atoms with van der Waals surface area (Å²) in [7, 11) is 0. The average molecular weight is 331 g/mol. The predicted molar refractivity (Wildman–Crippen MR) is 93.9 cm³/mol. The van der Waals surface area contributed by atoms with E-state index < -0.39 is 0 Å². The Labute approximate surface area is 141 Å². The van der Waals surface area contributed by atoms with Crippen LogP contribution < -0.4 is 0 Å². The minimum Gasteiger partial charge on any atom is -0.357 e. The summed E-state index contributed by atoms with van der Waals surface area (Å²) in [4.78, 5) is 22.1. The Kier molecular flexibility index (Phi) is 4.57. The molecule has 0 radical (unpaired) electrons. The molecule has 0 spiro atoms. The molecule has 23 heavy (non-hydrogen) atoms. The Morgan fingerprint density at radius 2 is 2.13 bits per heavy atom. The van der Waals surface area contributed by atoms with Crippen LogP contribution in [0.3, 0.4) is 0 Å². The highest BCUT2D eigenvalue weighted by Crippen LogP contribution is 2.28. The van der Waals surface area contributed by atoms with Crippen molar-refractivity contribution in [3.05, 3.63) is 40.1 Å². The van der Waals surface area contributed by atoms with Crippen molar-refractivity contribution in [1.29, 1.82) is 0 Å². The molecule has 1 fully saturated rings. The number of nitrogens with zero attached hydrogens (tertiary/aromatic N) is 2. The molecule has 1 saturated heterocycles. The summed E-state index contributed by atoms with van der Waals surface area (Å²) >= 11 is 1.78. The lowest BCUT2D eigenvalue weighted by atomic mass is 9.92. The van der Waals surface area contributed by atoms with Gasteiger partial charge in [0.25, 0.3) is 5.91 Å². The van der Waals surface area contributed by atoms with Gasteiger partial charge in [-0.25, -0.2) is 4.98 Å². The second-order valence-corrected chi connectivity index (χ2v) is 8.34. The minimum atomic E-state index is 0.123. The van der Waals surface area contributed by atoms with E-state index in [1.165, 1.54) is 10.7 Å². The zero-order chi connectivity index (χ0) is 16.4. The number of rotatable bonds is 3. The Balaban J connectivity index is 1.53. The molecule has 0 saturated carbocycles. The molecule has 3 rings (SSSR count). The van der Waals surface area contributed by atoms with Gasteiger partial charge in [0.15, 0.2) is 0 Å². The Hall–Kier alpha value is -1.62. The fourth-order valence-electron chi connectivity index (χ4n) is 2.97. The second-order valence-electron chi connectivity index (χ2n) is 7.40. The summed E-state index contributed by atoms with van der Waals surface area (Å²) in [6.07, 6.45) is 4.98. The summed E-state index contributed by atoms with van der Waals surface area (Å²) in [6.45, 7) is 8.31. The fraction of sp³-hybridized carbons (Fsp3) is 0.556. The van der Waals surface area contributed by atoms with E-state index in [0.29, 0.717) is 11.6 Å². The van der Waals surface area contributed by atoms with Crippen molar-refractivity contribution in [2.45, 2.75) is 45.4 Å². The number of nitrogens with one attached hydrogen (secondary N) is 1. The number of hydrogen-bond acceptors (Lipinski definition) is 3. The lowest BCUT2D eigenvalue weighted by Crippen LogP contribution is -2.39. The number of amides is 1. The van der Waals surface area contributed by atoms with E-state index in [1.54, 1.807) is 17.5 Å². The summed E-state index contributed by atoms with van der Waals surface area (Å²) in [6, 6.07) is 3.72. The number of carbonyl (C=O) groups excluding carboxylic acids is 1. The quantitative estimate of drug-likeness (QED) is 0.928. The molecule has 3 heterocycles. The fourth-order valence-corrected chi connectivity index (χ4v) is 4.11. The number of likely N-dealkylation sites (tertiary alicyclic amines) is 1. The molecule has 4 nitrogen and oxygen atoms in total. The van der Waals surface area contributed by atoms with Crippen molar-refractivity contribution in [1.82, 2.24) is 14.9 Å². The molecule has 0 aromatic carbocycles. The maximum Gasteiger partial charge on any atom is 0.270 e. The number of aromatic nitrogens is 2. The number of thiazole rings is 1. The summed E-state index contributed by atoms with van der Waals surface area (Å²) in [5, 5.41) is 3.43. The molecule has 1 amide bonds. The van der Waals surface area contributed by atoms with Crippen LogP contribution >= 0.6 is 11.3 Å². The Bertz CT molecular complexity index is 646. The van der Waals surface area contributed by atoms with Crippen molar-refractivity contribution in [2.75, 3.05) is 13.1 Å². The number of aromatic amines is 1. The predicted octanol–water partition coefficient (Wildman–Crippen LogP) is 3.86. The van der Waals surface area contributed by atoms with Crippen LogP contribution in [-0.4, -0.2) is 33.9 Å². The highest BCUT2D eigenvalue weighted by Gasteiger charge is 2.25. The highest BCUT2D eigenvalue weighted by atomic mass is 32.1. The molecule has 0 bridgehead atoms. The molecule has 0 unspecified atom stereocenters. The first-order valence-electron chi connectivity index (χ1n) is 8.31. The van der Waals surface area contributed by atoms with Crippen LogP contribution in [0.1, 0.15) is 54.8 Å². The van der Waals surface area contributed by atoms with E-state index in [0.717, 1.165) is 32.4 Å². The van der Waals surface area contributed by atoms with Gasteiger partial charge in [-0.15, -0.1) is 11.3 Å². The van der Waals surface area contributed by atoms with Gasteiger partial charge < -0.3 is 9.88 Å². The Morgan fingerprint density at radius 1 is 1.39 bits per heavy atom. The first-order valence-corrected chi connectivity index (χ1v) is 9.19. The monoisotopic (exact) mass is 331 g/mol. The van der Waals surface area contributed by atoms with E-state index in [2.05, 4.69) is 31.1 Å². The smallest absolute Gasteiger partial charge is 0.270 e.